The summed E-state index contributed by atoms with van der Waals surface area (Å²) >= 11 is 9.16. The molecule has 1 aromatic carbocycles. The Morgan fingerprint density at radius 3 is 2.88 bits per heavy atom. The average molecular weight is 307 g/mol. The average Bonchev–Trinajstić information content (AvgIpc) is 2.30. The van der Waals surface area contributed by atoms with Crippen LogP contribution in [-0.2, 0) is 4.79 Å². The van der Waals surface area contributed by atoms with E-state index in [9.17, 15) is 4.79 Å². The van der Waals surface area contributed by atoms with Gasteiger partial charge in [-0.3, -0.25) is 4.79 Å². The molecule has 0 spiro atoms. The second kappa shape index (κ2) is 6.11. The zero-order valence-corrected chi connectivity index (χ0v) is 11.4. The molecule has 1 atom stereocenters. The Hall–Kier alpha value is -0.740. The number of hydrogen-bond donors (Lipinski definition) is 1. The first-order valence-corrected chi connectivity index (χ1v) is 6.16. The standard InChI is InChI=1S/C11H13BrClNO2/c1-3-8(12)11(15)14-7-4-5-9(13)10(6-7)16-2/h4-6,8H,3H2,1-2H3,(H,14,15). The van der Waals surface area contributed by atoms with Crippen molar-refractivity contribution in [2.75, 3.05) is 12.4 Å². The molecule has 1 aromatic rings. The van der Waals surface area contributed by atoms with E-state index in [4.69, 9.17) is 16.3 Å². The van der Waals surface area contributed by atoms with Gasteiger partial charge in [-0.05, 0) is 18.6 Å². The first kappa shape index (κ1) is 13.3. The van der Waals surface area contributed by atoms with Crippen LogP contribution in [-0.4, -0.2) is 17.8 Å². The Bertz CT molecular complexity index is 384. The third-order valence-electron chi connectivity index (χ3n) is 2.06. The lowest BCUT2D eigenvalue weighted by molar-refractivity contribution is -0.115. The normalized spacial score (nSPS) is 12.0. The summed E-state index contributed by atoms with van der Waals surface area (Å²) in [5.74, 6) is 0.467. The van der Waals surface area contributed by atoms with Crippen LogP contribution in [0.3, 0.4) is 0 Å². The van der Waals surface area contributed by atoms with E-state index in [1.807, 2.05) is 6.92 Å². The molecule has 5 heteroatoms. The molecular formula is C11H13BrClNO2. The summed E-state index contributed by atoms with van der Waals surface area (Å²) in [4.78, 5) is 11.4. The van der Waals surface area contributed by atoms with E-state index in [-0.39, 0.29) is 10.7 Å². The van der Waals surface area contributed by atoms with Crippen molar-refractivity contribution in [3.63, 3.8) is 0 Å². The molecule has 0 saturated carbocycles. The number of carbonyl (C=O) groups excluding carboxylic acids is 1. The van der Waals surface area contributed by atoms with Crippen molar-refractivity contribution in [2.45, 2.75) is 18.2 Å². The predicted molar refractivity (Wildman–Crippen MR) is 69.6 cm³/mol. The smallest absolute Gasteiger partial charge is 0.238 e. The molecule has 0 aliphatic carbocycles. The minimum Gasteiger partial charge on any atom is -0.495 e. The van der Waals surface area contributed by atoms with Gasteiger partial charge in [-0.15, -0.1) is 0 Å². The van der Waals surface area contributed by atoms with E-state index in [2.05, 4.69) is 21.2 Å². The highest BCUT2D eigenvalue weighted by Gasteiger charge is 2.12. The molecular weight excluding hydrogens is 293 g/mol. The molecule has 0 radical (unpaired) electrons. The van der Waals surface area contributed by atoms with Crippen LogP contribution in [0.15, 0.2) is 18.2 Å². The number of benzene rings is 1. The molecule has 1 rings (SSSR count). The Kier molecular flexibility index (Phi) is 5.09. The minimum atomic E-state index is -0.186. The number of hydrogen-bond acceptors (Lipinski definition) is 2. The molecule has 16 heavy (non-hydrogen) atoms. The molecule has 0 fully saturated rings. The van der Waals surface area contributed by atoms with Crippen LogP contribution >= 0.6 is 27.5 Å². The summed E-state index contributed by atoms with van der Waals surface area (Å²) in [6, 6.07) is 5.11. The largest absolute Gasteiger partial charge is 0.495 e. The molecule has 88 valence electrons. The van der Waals surface area contributed by atoms with Gasteiger partial charge in [-0.2, -0.15) is 0 Å². The van der Waals surface area contributed by atoms with Crippen LogP contribution in [0.4, 0.5) is 5.69 Å². The van der Waals surface area contributed by atoms with Crippen molar-refractivity contribution >= 4 is 39.1 Å². The van der Waals surface area contributed by atoms with Crippen molar-refractivity contribution in [3.05, 3.63) is 23.2 Å². The molecule has 0 saturated heterocycles. The maximum Gasteiger partial charge on any atom is 0.238 e. The van der Waals surface area contributed by atoms with Gasteiger partial charge in [-0.25, -0.2) is 0 Å². The minimum absolute atomic E-state index is 0.0770. The highest BCUT2D eigenvalue weighted by Crippen LogP contribution is 2.27. The summed E-state index contributed by atoms with van der Waals surface area (Å²) in [5, 5.41) is 3.29. The highest BCUT2D eigenvalue weighted by atomic mass is 79.9. The molecule has 0 aliphatic heterocycles. The monoisotopic (exact) mass is 305 g/mol. The Labute approximate surface area is 108 Å². The van der Waals surface area contributed by atoms with E-state index >= 15 is 0 Å². The van der Waals surface area contributed by atoms with E-state index in [0.29, 0.717) is 16.5 Å². The van der Waals surface area contributed by atoms with Crippen LogP contribution in [0, 0.1) is 0 Å². The fourth-order valence-corrected chi connectivity index (χ4v) is 1.45. The summed E-state index contributed by atoms with van der Waals surface area (Å²) in [6.45, 7) is 1.93. The predicted octanol–water partition coefficient (Wildman–Crippen LogP) is 3.46. The first-order chi connectivity index (χ1) is 7.58. The number of halogens is 2. The summed E-state index contributed by atoms with van der Waals surface area (Å²) in [6.07, 6.45) is 0.733. The van der Waals surface area contributed by atoms with E-state index in [1.165, 1.54) is 7.11 Å². The quantitative estimate of drug-likeness (QED) is 0.865. The van der Waals surface area contributed by atoms with E-state index in [0.717, 1.165) is 6.42 Å². The zero-order chi connectivity index (χ0) is 12.1. The topological polar surface area (TPSA) is 38.3 Å². The second-order valence-corrected chi connectivity index (χ2v) is 4.73. The lowest BCUT2D eigenvalue weighted by Crippen LogP contribution is -2.21. The maximum atomic E-state index is 11.6. The number of ether oxygens (including phenoxy) is 1. The van der Waals surface area contributed by atoms with Crippen LogP contribution in [0.1, 0.15) is 13.3 Å². The van der Waals surface area contributed by atoms with Gasteiger partial charge in [0.1, 0.15) is 5.75 Å². The lowest BCUT2D eigenvalue weighted by atomic mass is 10.2. The van der Waals surface area contributed by atoms with Gasteiger partial charge in [-0.1, -0.05) is 34.5 Å². The molecule has 0 aromatic heterocycles. The van der Waals surface area contributed by atoms with Crippen molar-refractivity contribution < 1.29 is 9.53 Å². The number of carbonyl (C=O) groups is 1. The van der Waals surface area contributed by atoms with Gasteiger partial charge in [0, 0.05) is 11.8 Å². The highest BCUT2D eigenvalue weighted by molar-refractivity contribution is 9.10. The molecule has 1 unspecified atom stereocenters. The van der Waals surface area contributed by atoms with Gasteiger partial charge in [0.15, 0.2) is 0 Å². The first-order valence-electron chi connectivity index (χ1n) is 4.87. The van der Waals surface area contributed by atoms with Crippen molar-refractivity contribution in [1.29, 1.82) is 0 Å². The number of anilines is 1. The van der Waals surface area contributed by atoms with Gasteiger partial charge >= 0.3 is 0 Å². The summed E-state index contributed by atoms with van der Waals surface area (Å²) in [7, 11) is 1.53. The fraction of sp³-hybridized carbons (Fsp3) is 0.364. The number of alkyl halides is 1. The second-order valence-electron chi connectivity index (χ2n) is 3.21. The Morgan fingerprint density at radius 2 is 2.31 bits per heavy atom. The molecule has 1 amide bonds. The molecule has 0 bridgehead atoms. The van der Waals surface area contributed by atoms with Crippen LogP contribution < -0.4 is 10.1 Å². The zero-order valence-electron chi connectivity index (χ0n) is 9.09. The molecule has 3 nitrogen and oxygen atoms in total. The number of methoxy groups -OCH3 is 1. The SMILES string of the molecule is CCC(Br)C(=O)Nc1ccc(Cl)c(OC)c1. The van der Waals surface area contributed by atoms with Crippen molar-refractivity contribution in [2.24, 2.45) is 0 Å². The van der Waals surface area contributed by atoms with Gasteiger partial charge in [0.2, 0.25) is 5.91 Å². The van der Waals surface area contributed by atoms with Gasteiger partial charge in [0.25, 0.3) is 0 Å². The van der Waals surface area contributed by atoms with E-state index < -0.39 is 0 Å². The Morgan fingerprint density at radius 1 is 1.62 bits per heavy atom. The molecule has 0 aliphatic rings. The van der Waals surface area contributed by atoms with E-state index in [1.54, 1.807) is 18.2 Å². The maximum absolute atomic E-state index is 11.6. The van der Waals surface area contributed by atoms with Crippen LogP contribution in [0.2, 0.25) is 5.02 Å². The number of amides is 1. The molecule has 1 N–H and O–H groups in total. The van der Waals surface area contributed by atoms with Gasteiger partial charge in [0.05, 0.1) is 17.0 Å². The number of nitrogens with one attached hydrogen (secondary N) is 1. The summed E-state index contributed by atoms with van der Waals surface area (Å²) in [5.41, 5.74) is 0.671. The van der Waals surface area contributed by atoms with Crippen molar-refractivity contribution in [3.8, 4) is 5.75 Å². The van der Waals surface area contributed by atoms with Gasteiger partial charge < -0.3 is 10.1 Å². The van der Waals surface area contributed by atoms with Crippen molar-refractivity contribution in [1.82, 2.24) is 0 Å². The third kappa shape index (κ3) is 3.39. The fourth-order valence-electron chi connectivity index (χ4n) is 1.14. The Balaban J connectivity index is 2.78. The third-order valence-corrected chi connectivity index (χ3v) is 3.44. The molecule has 0 heterocycles. The number of rotatable bonds is 4. The summed E-state index contributed by atoms with van der Waals surface area (Å²) < 4.78 is 5.06. The lowest BCUT2D eigenvalue weighted by Gasteiger charge is -2.10. The van der Waals surface area contributed by atoms with Crippen LogP contribution in [0.25, 0.3) is 0 Å². The van der Waals surface area contributed by atoms with Crippen LogP contribution in [0.5, 0.6) is 5.75 Å².